The fourth-order valence-corrected chi connectivity index (χ4v) is 1.35. The van der Waals surface area contributed by atoms with E-state index in [4.69, 9.17) is 11.5 Å². The molecule has 0 atom stereocenters. The maximum atomic E-state index is 5.73. The molecule has 0 aliphatic carbocycles. The average molecular weight is 245 g/mol. The molecule has 0 aromatic heterocycles. The fraction of sp³-hybridized carbons (Fsp3) is 0.200. The normalized spacial score (nSPS) is 8.56. The molecule has 0 bridgehead atoms. The molecule has 2 rings (SSSR count). The number of anilines is 3. The van der Waals surface area contributed by atoms with Crippen molar-refractivity contribution < 1.29 is 0 Å². The van der Waals surface area contributed by atoms with Crippen molar-refractivity contribution in [2.75, 3.05) is 23.8 Å². The van der Waals surface area contributed by atoms with Gasteiger partial charge in [-0.1, -0.05) is 37.8 Å². The molecule has 5 N–H and O–H groups in total. The van der Waals surface area contributed by atoms with Crippen LogP contribution in [-0.4, -0.2) is 7.05 Å². The van der Waals surface area contributed by atoms with Gasteiger partial charge in [0, 0.05) is 12.7 Å². The van der Waals surface area contributed by atoms with Crippen molar-refractivity contribution in [1.82, 2.24) is 0 Å². The molecule has 98 valence electrons. The van der Waals surface area contributed by atoms with Gasteiger partial charge in [0.1, 0.15) is 0 Å². The van der Waals surface area contributed by atoms with Crippen LogP contribution in [-0.2, 0) is 0 Å². The second-order valence-electron chi connectivity index (χ2n) is 3.70. The van der Waals surface area contributed by atoms with Gasteiger partial charge in [-0.25, -0.2) is 0 Å². The largest absolute Gasteiger partial charge is 0.399 e. The molecule has 0 saturated carbocycles. The Balaban J connectivity index is 0.000000321. The SMILES string of the molecule is C.CNc1cccc(C)c1N.Nc1ccccc1. The number of nitrogens with one attached hydrogen (secondary N) is 1. The smallest absolute Gasteiger partial charge is 0.0579 e. The molecular weight excluding hydrogens is 222 g/mol. The number of para-hydroxylation sites is 2. The monoisotopic (exact) mass is 245 g/mol. The molecule has 0 aliphatic rings. The Morgan fingerprint density at radius 1 is 0.889 bits per heavy atom. The predicted octanol–water partition coefficient (Wildman–Crippen LogP) is 3.52. The van der Waals surface area contributed by atoms with Crippen LogP contribution in [0, 0.1) is 6.92 Å². The molecule has 0 fully saturated rings. The molecule has 3 heteroatoms. The van der Waals surface area contributed by atoms with E-state index in [1.807, 2.05) is 62.5 Å². The number of nitrogen functional groups attached to an aromatic ring is 2. The summed E-state index contributed by atoms with van der Waals surface area (Å²) < 4.78 is 0. The quantitative estimate of drug-likeness (QED) is 0.673. The second kappa shape index (κ2) is 8.01. The van der Waals surface area contributed by atoms with E-state index < -0.39 is 0 Å². The van der Waals surface area contributed by atoms with Crippen molar-refractivity contribution in [3.8, 4) is 0 Å². The van der Waals surface area contributed by atoms with Gasteiger partial charge in [0.15, 0.2) is 0 Å². The Labute approximate surface area is 110 Å². The lowest BCUT2D eigenvalue weighted by atomic mass is 10.2. The summed E-state index contributed by atoms with van der Waals surface area (Å²) in [5.41, 5.74) is 14.9. The minimum absolute atomic E-state index is 0. The summed E-state index contributed by atoms with van der Waals surface area (Å²) in [6.45, 7) is 2.00. The van der Waals surface area contributed by atoms with Gasteiger partial charge in [0.25, 0.3) is 0 Å². The topological polar surface area (TPSA) is 64.1 Å². The van der Waals surface area contributed by atoms with Gasteiger partial charge in [-0.05, 0) is 30.7 Å². The highest BCUT2D eigenvalue weighted by Crippen LogP contribution is 2.20. The third kappa shape index (κ3) is 4.78. The van der Waals surface area contributed by atoms with Crippen LogP contribution in [0.3, 0.4) is 0 Å². The van der Waals surface area contributed by atoms with Gasteiger partial charge in [0.05, 0.1) is 11.4 Å². The van der Waals surface area contributed by atoms with E-state index in [1.165, 1.54) is 0 Å². The van der Waals surface area contributed by atoms with Crippen molar-refractivity contribution >= 4 is 17.1 Å². The van der Waals surface area contributed by atoms with E-state index in [9.17, 15) is 0 Å². The molecule has 0 radical (unpaired) electrons. The van der Waals surface area contributed by atoms with Crippen LogP contribution in [0.5, 0.6) is 0 Å². The van der Waals surface area contributed by atoms with Crippen LogP contribution in [0.15, 0.2) is 48.5 Å². The Morgan fingerprint density at radius 3 is 1.89 bits per heavy atom. The summed E-state index contributed by atoms with van der Waals surface area (Å²) in [5, 5.41) is 3.01. The summed E-state index contributed by atoms with van der Waals surface area (Å²) in [7, 11) is 1.87. The lowest BCUT2D eigenvalue weighted by Gasteiger charge is -2.05. The first-order valence-corrected chi connectivity index (χ1v) is 5.48. The molecule has 3 nitrogen and oxygen atoms in total. The maximum Gasteiger partial charge on any atom is 0.0579 e. The van der Waals surface area contributed by atoms with Crippen LogP contribution in [0.1, 0.15) is 13.0 Å². The molecule has 0 spiro atoms. The second-order valence-corrected chi connectivity index (χ2v) is 3.70. The maximum absolute atomic E-state index is 5.73. The van der Waals surface area contributed by atoms with Crippen LogP contribution in [0.4, 0.5) is 17.1 Å². The molecule has 0 amide bonds. The average Bonchev–Trinajstić information content (AvgIpc) is 2.34. The molecule has 0 heterocycles. The minimum Gasteiger partial charge on any atom is -0.399 e. The number of hydrogen-bond acceptors (Lipinski definition) is 3. The molecule has 0 saturated heterocycles. The highest BCUT2D eigenvalue weighted by molar-refractivity contribution is 5.69. The van der Waals surface area contributed by atoms with Gasteiger partial charge in [-0.2, -0.15) is 0 Å². The van der Waals surface area contributed by atoms with Crippen molar-refractivity contribution in [2.24, 2.45) is 0 Å². The van der Waals surface area contributed by atoms with Crippen LogP contribution >= 0.6 is 0 Å². The highest BCUT2D eigenvalue weighted by atomic mass is 14.8. The summed E-state index contributed by atoms with van der Waals surface area (Å²) in [6.07, 6.45) is 0. The third-order valence-electron chi connectivity index (χ3n) is 2.39. The first kappa shape index (κ1) is 15.8. The molecule has 2 aromatic carbocycles. The molecular formula is C15H23N3. The molecule has 18 heavy (non-hydrogen) atoms. The molecule has 0 aliphatic heterocycles. The third-order valence-corrected chi connectivity index (χ3v) is 2.39. The number of nitrogens with two attached hydrogens (primary N) is 2. The van der Waals surface area contributed by atoms with Crippen LogP contribution in [0.2, 0.25) is 0 Å². The zero-order valence-corrected chi connectivity index (χ0v) is 10.3. The van der Waals surface area contributed by atoms with Gasteiger partial charge in [-0.15, -0.1) is 0 Å². The van der Waals surface area contributed by atoms with E-state index in [2.05, 4.69) is 5.32 Å². The number of aryl methyl sites for hydroxylation is 1. The zero-order valence-electron chi connectivity index (χ0n) is 10.3. The summed E-state index contributed by atoms with van der Waals surface area (Å²) >= 11 is 0. The van der Waals surface area contributed by atoms with E-state index in [1.54, 1.807) is 0 Å². The van der Waals surface area contributed by atoms with Crippen molar-refractivity contribution in [1.29, 1.82) is 0 Å². The Morgan fingerprint density at radius 2 is 1.50 bits per heavy atom. The van der Waals surface area contributed by atoms with E-state index in [-0.39, 0.29) is 7.43 Å². The van der Waals surface area contributed by atoms with Gasteiger partial charge < -0.3 is 16.8 Å². The zero-order chi connectivity index (χ0) is 12.7. The van der Waals surface area contributed by atoms with Crippen molar-refractivity contribution in [3.63, 3.8) is 0 Å². The first-order chi connectivity index (χ1) is 8.15. The van der Waals surface area contributed by atoms with Crippen LogP contribution < -0.4 is 16.8 Å². The molecule has 2 aromatic rings. The number of benzene rings is 2. The van der Waals surface area contributed by atoms with Crippen molar-refractivity contribution in [3.05, 3.63) is 54.1 Å². The minimum atomic E-state index is 0. The Hall–Kier alpha value is -2.16. The summed E-state index contributed by atoms with van der Waals surface area (Å²) in [6, 6.07) is 15.4. The standard InChI is InChI=1S/C8H12N2.C6H7N.CH4/c1-6-4-3-5-7(10-2)8(6)9;7-6-4-2-1-3-5-6;/h3-5,10H,9H2,1-2H3;1-5H,7H2;1H4. The number of hydrogen-bond donors (Lipinski definition) is 3. The number of rotatable bonds is 1. The lowest BCUT2D eigenvalue weighted by Crippen LogP contribution is -1.96. The fourth-order valence-electron chi connectivity index (χ4n) is 1.35. The summed E-state index contributed by atoms with van der Waals surface area (Å²) in [5.74, 6) is 0. The van der Waals surface area contributed by atoms with Gasteiger partial charge in [0.2, 0.25) is 0 Å². The predicted molar refractivity (Wildman–Crippen MR) is 82.7 cm³/mol. The Kier molecular flexibility index (Phi) is 7.05. The summed E-state index contributed by atoms with van der Waals surface area (Å²) in [4.78, 5) is 0. The van der Waals surface area contributed by atoms with Gasteiger partial charge >= 0.3 is 0 Å². The molecule has 0 unspecified atom stereocenters. The lowest BCUT2D eigenvalue weighted by molar-refractivity contribution is 1.43. The van der Waals surface area contributed by atoms with Crippen molar-refractivity contribution in [2.45, 2.75) is 14.4 Å². The van der Waals surface area contributed by atoms with E-state index in [0.717, 1.165) is 22.6 Å². The first-order valence-electron chi connectivity index (χ1n) is 5.48. The Bertz CT molecular complexity index is 453. The van der Waals surface area contributed by atoms with E-state index >= 15 is 0 Å². The van der Waals surface area contributed by atoms with Gasteiger partial charge in [-0.3, -0.25) is 0 Å². The van der Waals surface area contributed by atoms with Crippen LogP contribution in [0.25, 0.3) is 0 Å². The highest BCUT2D eigenvalue weighted by Gasteiger charge is 1.96. The van der Waals surface area contributed by atoms with E-state index in [0.29, 0.717) is 0 Å².